The summed E-state index contributed by atoms with van der Waals surface area (Å²) in [5.74, 6) is 0.588. The van der Waals surface area contributed by atoms with Crippen LogP contribution in [0.5, 0.6) is 11.5 Å². The average Bonchev–Trinajstić information content (AvgIpc) is 3.01. The summed E-state index contributed by atoms with van der Waals surface area (Å²) in [5, 5.41) is 3.21. The summed E-state index contributed by atoms with van der Waals surface area (Å²) in [6.07, 6.45) is 0. The van der Waals surface area contributed by atoms with Crippen molar-refractivity contribution in [3.8, 4) is 22.8 Å². The van der Waals surface area contributed by atoms with Gasteiger partial charge in [-0.15, -0.1) is 11.3 Å². The molecule has 0 saturated heterocycles. The molecule has 2 aromatic carbocycles. The van der Waals surface area contributed by atoms with E-state index in [9.17, 15) is 9.18 Å². The van der Waals surface area contributed by atoms with Gasteiger partial charge in [-0.1, -0.05) is 0 Å². The number of aryl methyl sites for hydroxylation is 1. The van der Waals surface area contributed by atoms with Gasteiger partial charge in [0.1, 0.15) is 17.3 Å². The first-order chi connectivity index (χ1) is 12.5. The van der Waals surface area contributed by atoms with Gasteiger partial charge in [-0.25, -0.2) is 9.37 Å². The maximum atomic E-state index is 13.0. The van der Waals surface area contributed by atoms with Gasteiger partial charge in [-0.2, -0.15) is 0 Å². The Balaban J connectivity index is 1.88. The quantitative estimate of drug-likeness (QED) is 0.715. The molecule has 0 aliphatic rings. The number of thiazole rings is 1. The van der Waals surface area contributed by atoms with Crippen molar-refractivity contribution >= 4 is 22.4 Å². The van der Waals surface area contributed by atoms with Crippen LogP contribution in [-0.4, -0.2) is 25.1 Å². The number of carbonyl (C=O) groups is 1. The van der Waals surface area contributed by atoms with Gasteiger partial charge in [0.15, 0.2) is 5.13 Å². The van der Waals surface area contributed by atoms with Gasteiger partial charge < -0.3 is 9.47 Å². The van der Waals surface area contributed by atoms with E-state index in [1.54, 1.807) is 20.3 Å². The molecule has 0 fully saturated rings. The van der Waals surface area contributed by atoms with Crippen molar-refractivity contribution in [2.45, 2.75) is 6.92 Å². The molecule has 0 spiro atoms. The van der Waals surface area contributed by atoms with Crippen LogP contribution in [0.25, 0.3) is 11.3 Å². The van der Waals surface area contributed by atoms with Gasteiger partial charge in [0.2, 0.25) is 0 Å². The van der Waals surface area contributed by atoms with E-state index in [1.807, 2.05) is 19.1 Å². The fourth-order valence-electron chi connectivity index (χ4n) is 2.46. The van der Waals surface area contributed by atoms with Crippen LogP contribution in [0.15, 0.2) is 42.5 Å². The predicted molar refractivity (Wildman–Crippen MR) is 99.7 cm³/mol. The molecule has 1 N–H and O–H groups in total. The molecule has 0 aliphatic carbocycles. The molecular weight excluding hydrogens is 355 g/mol. The van der Waals surface area contributed by atoms with Crippen molar-refractivity contribution in [2.24, 2.45) is 0 Å². The van der Waals surface area contributed by atoms with Gasteiger partial charge >= 0.3 is 0 Å². The Morgan fingerprint density at radius 3 is 2.50 bits per heavy atom. The van der Waals surface area contributed by atoms with Crippen LogP contribution in [0.2, 0.25) is 0 Å². The number of ether oxygens (including phenoxy) is 2. The molecule has 5 nitrogen and oxygen atoms in total. The second-order valence-electron chi connectivity index (χ2n) is 5.45. The lowest BCUT2D eigenvalue weighted by Crippen LogP contribution is -2.11. The van der Waals surface area contributed by atoms with E-state index in [0.717, 1.165) is 16.1 Å². The molecule has 26 heavy (non-hydrogen) atoms. The third-order valence-corrected chi connectivity index (χ3v) is 4.67. The Hall–Kier alpha value is -2.93. The molecule has 7 heteroatoms. The average molecular weight is 372 g/mol. The van der Waals surface area contributed by atoms with E-state index in [4.69, 9.17) is 9.47 Å². The zero-order valence-electron chi connectivity index (χ0n) is 14.5. The lowest BCUT2D eigenvalue weighted by molar-refractivity contribution is 0.102. The second kappa shape index (κ2) is 7.53. The van der Waals surface area contributed by atoms with Crippen molar-refractivity contribution < 1.29 is 18.7 Å². The smallest absolute Gasteiger partial charge is 0.257 e. The number of amides is 1. The third-order valence-electron chi connectivity index (χ3n) is 3.79. The van der Waals surface area contributed by atoms with Gasteiger partial charge in [0.25, 0.3) is 5.91 Å². The molecule has 3 rings (SSSR count). The highest BCUT2D eigenvalue weighted by atomic mass is 32.1. The van der Waals surface area contributed by atoms with Crippen molar-refractivity contribution in [1.82, 2.24) is 4.98 Å². The van der Waals surface area contributed by atoms with E-state index in [2.05, 4.69) is 10.3 Å². The number of carbonyl (C=O) groups excluding carboxylic acids is 1. The maximum Gasteiger partial charge on any atom is 0.257 e. The maximum absolute atomic E-state index is 13.0. The number of aromatic nitrogens is 1. The van der Waals surface area contributed by atoms with Gasteiger partial charge in [-0.3, -0.25) is 10.1 Å². The van der Waals surface area contributed by atoms with Crippen molar-refractivity contribution in [1.29, 1.82) is 0 Å². The van der Waals surface area contributed by atoms with Crippen LogP contribution >= 0.6 is 11.3 Å². The number of nitrogens with zero attached hydrogens (tertiary/aromatic N) is 1. The summed E-state index contributed by atoms with van der Waals surface area (Å²) < 4.78 is 23.6. The van der Waals surface area contributed by atoms with Gasteiger partial charge in [0, 0.05) is 22.1 Å². The van der Waals surface area contributed by atoms with E-state index < -0.39 is 0 Å². The number of methoxy groups -OCH3 is 2. The Bertz CT molecular complexity index is 938. The normalized spacial score (nSPS) is 10.5. The predicted octanol–water partition coefficient (Wildman–Crippen LogP) is 4.53. The summed E-state index contributed by atoms with van der Waals surface area (Å²) >= 11 is 1.36. The highest BCUT2D eigenvalue weighted by Gasteiger charge is 2.16. The highest BCUT2D eigenvalue weighted by molar-refractivity contribution is 7.16. The standard InChI is InChI=1S/C19H17FN2O3S/c1-11-17(15-9-8-14(24-2)10-16(15)25-3)21-19(26-11)22-18(23)12-4-6-13(20)7-5-12/h4-10H,1-3H3,(H,21,22,23). The number of hydrogen-bond donors (Lipinski definition) is 1. The highest BCUT2D eigenvalue weighted by Crippen LogP contribution is 2.37. The third kappa shape index (κ3) is 3.67. The first kappa shape index (κ1) is 17.9. The molecule has 0 radical (unpaired) electrons. The Kier molecular flexibility index (Phi) is 5.18. The molecule has 1 amide bonds. The number of benzene rings is 2. The monoisotopic (exact) mass is 372 g/mol. The molecule has 0 unspecified atom stereocenters. The molecule has 0 bridgehead atoms. The summed E-state index contributed by atoms with van der Waals surface area (Å²) in [7, 11) is 3.17. The molecule has 134 valence electrons. The van der Waals surface area contributed by atoms with Gasteiger partial charge in [-0.05, 0) is 43.3 Å². The van der Waals surface area contributed by atoms with Crippen LogP contribution in [0.4, 0.5) is 9.52 Å². The van der Waals surface area contributed by atoms with E-state index in [0.29, 0.717) is 22.2 Å². The molecule has 0 aliphatic heterocycles. The number of rotatable bonds is 5. The Morgan fingerprint density at radius 1 is 1.12 bits per heavy atom. The summed E-state index contributed by atoms with van der Waals surface area (Å²) in [6, 6.07) is 10.8. The fourth-order valence-corrected chi connectivity index (χ4v) is 3.29. The first-order valence-corrected chi connectivity index (χ1v) is 8.60. The molecular formula is C19H17FN2O3S. The molecule has 0 saturated carbocycles. The molecule has 3 aromatic rings. The zero-order valence-corrected chi connectivity index (χ0v) is 15.3. The Labute approximate surface area is 154 Å². The minimum atomic E-state index is -0.388. The van der Waals surface area contributed by atoms with E-state index in [1.165, 1.54) is 35.6 Å². The van der Waals surface area contributed by atoms with E-state index >= 15 is 0 Å². The summed E-state index contributed by atoms with van der Waals surface area (Å²) in [6.45, 7) is 1.92. The number of anilines is 1. The lowest BCUT2D eigenvalue weighted by atomic mass is 10.1. The SMILES string of the molecule is COc1ccc(-c2nc(NC(=O)c3ccc(F)cc3)sc2C)c(OC)c1. The zero-order chi connectivity index (χ0) is 18.7. The van der Waals surface area contributed by atoms with Crippen LogP contribution < -0.4 is 14.8 Å². The number of hydrogen-bond acceptors (Lipinski definition) is 5. The molecule has 1 aromatic heterocycles. The topological polar surface area (TPSA) is 60.5 Å². The largest absolute Gasteiger partial charge is 0.497 e. The van der Waals surface area contributed by atoms with Gasteiger partial charge in [0.05, 0.1) is 19.9 Å². The number of nitrogens with one attached hydrogen (secondary N) is 1. The Morgan fingerprint density at radius 2 is 1.85 bits per heavy atom. The first-order valence-electron chi connectivity index (χ1n) is 7.78. The minimum absolute atomic E-state index is 0.341. The lowest BCUT2D eigenvalue weighted by Gasteiger charge is -2.09. The van der Waals surface area contributed by atoms with Crippen LogP contribution in [0, 0.1) is 12.7 Å². The fraction of sp³-hybridized carbons (Fsp3) is 0.158. The van der Waals surface area contributed by atoms with Crippen molar-refractivity contribution in [2.75, 3.05) is 19.5 Å². The minimum Gasteiger partial charge on any atom is -0.497 e. The molecule has 0 atom stereocenters. The number of halogens is 1. The van der Waals surface area contributed by atoms with E-state index in [-0.39, 0.29) is 11.7 Å². The molecule has 1 heterocycles. The van der Waals surface area contributed by atoms with Crippen molar-refractivity contribution in [3.63, 3.8) is 0 Å². The van der Waals surface area contributed by atoms with Crippen LogP contribution in [0.1, 0.15) is 15.2 Å². The van der Waals surface area contributed by atoms with Crippen LogP contribution in [-0.2, 0) is 0 Å². The van der Waals surface area contributed by atoms with Crippen molar-refractivity contribution in [3.05, 3.63) is 58.7 Å². The summed E-state index contributed by atoms with van der Waals surface area (Å²) in [4.78, 5) is 17.7. The second-order valence-corrected chi connectivity index (χ2v) is 6.65. The summed E-state index contributed by atoms with van der Waals surface area (Å²) in [5.41, 5.74) is 1.90. The van der Waals surface area contributed by atoms with Crippen LogP contribution in [0.3, 0.4) is 0 Å².